The lowest BCUT2D eigenvalue weighted by Crippen LogP contribution is -2.50. The Labute approximate surface area is 256 Å². The Bertz CT molecular complexity index is 1610. The number of methoxy groups -OCH3 is 1. The van der Waals surface area contributed by atoms with Gasteiger partial charge in [-0.05, 0) is 18.2 Å². The molecule has 1 unspecified atom stereocenters. The average Bonchev–Trinajstić information content (AvgIpc) is 3.46. The predicted octanol–water partition coefficient (Wildman–Crippen LogP) is 4.20. The van der Waals surface area contributed by atoms with Gasteiger partial charge in [0.15, 0.2) is 0 Å². The Balaban J connectivity index is 1.29. The molecule has 0 saturated carbocycles. The summed E-state index contributed by atoms with van der Waals surface area (Å²) < 4.78 is 18.6. The van der Waals surface area contributed by atoms with E-state index in [1.165, 1.54) is 0 Å². The summed E-state index contributed by atoms with van der Waals surface area (Å²) in [5, 5.41) is 15.1. The van der Waals surface area contributed by atoms with Gasteiger partial charge in [0.25, 0.3) is 0 Å². The number of urea groups is 1. The van der Waals surface area contributed by atoms with E-state index in [4.69, 9.17) is 19.3 Å². The molecule has 1 atom stereocenters. The number of rotatable bonds is 9. The number of benzene rings is 2. The van der Waals surface area contributed by atoms with Crippen LogP contribution in [0.25, 0.3) is 16.5 Å². The Morgan fingerprint density at radius 1 is 1.07 bits per heavy atom. The molecule has 3 heterocycles. The van der Waals surface area contributed by atoms with Crippen molar-refractivity contribution in [2.45, 2.75) is 32.3 Å². The number of hydrogen-bond donors (Lipinski definition) is 3. The number of nitrogens with zero attached hydrogens (tertiary/aromatic N) is 4. The molecule has 0 bridgehead atoms. The molecule has 44 heavy (non-hydrogen) atoms. The van der Waals surface area contributed by atoms with E-state index in [2.05, 4.69) is 46.6 Å². The van der Waals surface area contributed by atoms with Crippen LogP contribution in [0.2, 0.25) is 0 Å². The molecule has 2 aromatic heterocycles. The monoisotopic (exact) mass is 601 g/mol. The molecule has 1 aliphatic rings. The van der Waals surface area contributed by atoms with Gasteiger partial charge in [-0.1, -0.05) is 45.0 Å². The van der Waals surface area contributed by atoms with E-state index in [0.717, 1.165) is 23.0 Å². The summed E-state index contributed by atoms with van der Waals surface area (Å²) in [7, 11) is 3.17. The van der Waals surface area contributed by atoms with Gasteiger partial charge in [-0.15, -0.1) is 0 Å². The topological polar surface area (TPSA) is 132 Å². The molecule has 3 amide bonds. The molecule has 12 nitrogen and oxygen atoms in total. The van der Waals surface area contributed by atoms with Crippen molar-refractivity contribution in [2.75, 3.05) is 57.6 Å². The van der Waals surface area contributed by atoms with Crippen LogP contribution in [0.3, 0.4) is 0 Å². The molecule has 0 spiro atoms. The van der Waals surface area contributed by atoms with Crippen molar-refractivity contribution < 1.29 is 23.8 Å². The van der Waals surface area contributed by atoms with Crippen LogP contribution in [-0.4, -0.2) is 84.7 Å². The minimum absolute atomic E-state index is 0.120. The number of pyridine rings is 1. The zero-order valence-electron chi connectivity index (χ0n) is 25.7. The van der Waals surface area contributed by atoms with Crippen LogP contribution in [0.15, 0.2) is 60.8 Å². The first-order valence-corrected chi connectivity index (χ1v) is 14.6. The summed E-state index contributed by atoms with van der Waals surface area (Å²) in [6.45, 7) is 9.04. The van der Waals surface area contributed by atoms with Gasteiger partial charge < -0.3 is 24.8 Å². The van der Waals surface area contributed by atoms with Gasteiger partial charge in [0.05, 0.1) is 37.0 Å². The first-order chi connectivity index (χ1) is 21.2. The molecule has 2 aromatic carbocycles. The number of hydrogen-bond acceptors (Lipinski definition) is 8. The van der Waals surface area contributed by atoms with Crippen LogP contribution in [-0.2, 0) is 14.9 Å². The summed E-state index contributed by atoms with van der Waals surface area (Å²) in [4.78, 5) is 31.7. The highest BCUT2D eigenvalue weighted by molar-refractivity contribution is 6.07. The van der Waals surface area contributed by atoms with E-state index in [-0.39, 0.29) is 11.3 Å². The number of carbonyl (C=O) groups excluding carboxylic acids is 2. The van der Waals surface area contributed by atoms with Crippen LogP contribution >= 0.6 is 0 Å². The normalized spacial score (nSPS) is 15.5. The Morgan fingerprint density at radius 2 is 1.86 bits per heavy atom. The smallest absolute Gasteiger partial charge is 0.324 e. The first-order valence-electron chi connectivity index (χ1n) is 14.6. The van der Waals surface area contributed by atoms with Crippen molar-refractivity contribution in [3.05, 3.63) is 66.5 Å². The molecule has 1 saturated heterocycles. The number of nitrogens with one attached hydrogen (secondary N) is 3. The third-order valence-electron chi connectivity index (χ3n) is 7.38. The van der Waals surface area contributed by atoms with E-state index in [1.807, 2.05) is 48.5 Å². The van der Waals surface area contributed by atoms with Gasteiger partial charge >= 0.3 is 6.03 Å². The maximum atomic E-state index is 13.3. The maximum Gasteiger partial charge on any atom is 0.324 e. The zero-order chi connectivity index (χ0) is 31.3. The molecule has 1 fully saturated rings. The second-order valence-electron chi connectivity index (χ2n) is 11.5. The Hall–Kier alpha value is -4.68. The lowest BCUT2D eigenvalue weighted by Gasteiger charge is -2.31. The number of fused-ring (bicyclic) bond motifs is 1. The standard InChI is InChI=1S/C32H39N7O5/c1-32(2,3)27-18-28(39(37-27)21-10-13-29(42-5)34-19-21)36-31(41)35-24-11-12-25(23-9-7-6-8-22(23)24)43-16-14-38-15-17-44-26(20-38)30(40)33-4/h6-13,18-19,26H,14-17,20H2,1-5H3,(H,33,40)(H2,35,36,41). The zero-order valence-corrected chi connectivity index (χ0v) is 25.7. The highest BCUT2D eigenvalue weighted by Gasteiger charge is 2.26. The fraction of sp³-hybridized carbons (Fsp3) is 0.375. The van der Waals surface area contributed by atoms with Crippen molar-refractivity contribution in [1.29, 1.82) is 0 Å². The van der Waals surface area contributed by atoms with Crippen LogP contribution in [0, 0.1) is 0 Å². The van der Waals surface area contributed by atoms with E-state index < -0.39 is 12.1 Å². The molecular formula is C32H39N7O5. The second-order valence-corrected chi connectivity index (χ2v) is 11.5. The van der Waals surface area contributed by atoms with E-state index in [9.17, 15) is 9.59 Å². The SMILES string of the molecule is CNC(=O)C1CN(CCOc2ccc(NC(=O)Nc3cc(C(C)(C)C)nn3-c3ccc(OC)nc3)c3ccccc23)CCO1. The van der Waals surface area contributed by atoms with E-state index >= 15 is 0 Å². The predicted molar refractivity (Wildman–Crippen MR) is 169 cm³/mol. The largest absolute Gasteiger partial charge is 0.492 e. The number of amides is 3. The van der Waals surface area contributed by atoms with Crippen molar-refractivity contribution in [3.63, 3.8) is 0 Å². The summed E-state index contributed by atoms with van der Waals surface area (Å²) in [5.74, 6) is 1.58. The number of anilines is 2. The minimum atomic E-state index is -0.474. The molecule has 1 aliphatic heterocycles. The van der Waals surface area contributed by atoms with Gasteiger partial charge in [0.1, 0.15) is 24.3 Å². The van der Waals surface area contributed by atoms with Crippen LogP contribution < -0.4 is 25.4 Å². The summed E-state index contributed by atoms with van der Waals surface area (Å²) in [6.07, 6.45) is 1.17. The highest BCUT2D eigenvalue weighted by Crippen LogP contribution is 2.32. The quantitative estimate of drug-likeness (QED) is 0.260. The van der Waals surface area contributed by atoms with Crippen molar-refractivity contribution in [1.82, 2.24) is 25.0 Å². The minimum Gasteiger partial charge on any atom is -0.492 e. The summed E-state index contributed by atoms with van der Waals surface area (Å²) in [5.41, 5.74) is 1.90. The summed E-state index contributed by atoms with van der Waals surface area (Å²) >= 11 is 0. The fourth-order valence-corrected chi connectivity index (χ4v) is 4.94. The van der Waals surface area contributed by atoms with Gasteiger partial charge in [-0.2, -0.15) is 5.10 Å². The molecule has 0 aliphatic carbocycles. The number of carbonyl (C=O) groups is 2. The third-order valence-corrected chi connectivity index (χ3v) is 7.38. The molecule has 3 N–H and O–H groups in total. The molecule has 12 heteroatoms. The molecule has 232 valence electrons. The number of ether oxygens (including phenoxy) is 3. The van der Waals surface area contributed by atoms with Crippen molar-refractivity contribution >= 4 is 34.2 Å². The number of likely N-dealkylation sites (N-methyl/N-ethyl adjacent to an activating group) is 1. The fourth-order valence-electron chi connectivity index (χ4n) is 4.94. The average molecular weight is 602 g/mol. The third kappa shape index (κ3) is 7.09. The van der Waals surface area contributed by atoms with Gasteiger partial charge in [0, 0.05) is 55.0 Å². The van der Waals surface area contributed by atoms with Gasteiger partial charge in [-0.25, -0.2) is 14.5 Å². The highest BCUT2D eigenvalue weighted by atomic mass is 16.5. The summed E-state index contributed by atoms with van der Waals surface area (Å²) in [6, 6.07) is 16.5. The first kappa shape index (κ1) is 30.8. The Morgan fingerprint density at radius 3 is 2.57 bits per heavy atom. The molecule has 0 radical (unpaired) electrons. The van der Waals surface area contributed by atoms with Crippen molar-refractivity contribution in [2.24, 2.45) is 0 Å². The van der Waals surface area contributed by atoms with Gasteiger partial charge in [0.2, 0.25) is 11.8 Å². The Kier molecular flexibility index (Phi) is 9.31. The van der Waals surface area contributed by atoms with Crippen LogP contribution in [0.5, 0.6) is 11.6 Å². The lowest BCUT2D eigenvalue weighted by atomic mass is 9.92. The molecule has 4 aromatic rings. The molecular weight excluding hydrogens is 562 g/mol. The van der Waals surface area contributed by atoms with Gasteiger partial charge in [-0.3, -0.25) is 15.0 Å². The maximum absolute atomic E-state index is 13.3. The van der Waals surface area contributed by atoms with Crippen LogP contribution in [0.4, 0.5) is 16.3 Å². The van der Waals surface area contributed by atoms with Crippen LogP contribution in [0.1, 0.15) is 26.5 Å². The second kappa shape index (κ2) is 13.3. The van der Waals surface area contributed by atoms with E-state index in [0.29, 0.717) is 55.1 Å². The lowest BCUT2D eigenvalue weighted by molar-refractivity contribution is -0.138. The van der Waals surface area contributed by atoms with E-state index in [1.54, 1.807) is 31.1 Å². The molecule has 5 rings (SSSR count). The number of morpholine rings is 1. The number of aromatic nitrogens is 3. The van der Waals surface area contributed by atoms with Crippen molar-refractivity contribution in [3.8, 4) is 17.3 Å².